The summed E-state index contributed by atoms with van der Waals surface area (Å²) in [5, 5.41) is 3.83. The molecule has 1 heterocycles. The van der Waals surface area contributed by atoms with Crippen LogP contribution in [0.3, 0.4) is 0 Å². The van der Waals surface area contributed by atoms with Gasteiger partial charge in [-0.2, -0.15) is 0 Å². The summed E-state index contributed by atoms with van der Waals surface area (Å²) in [4.78, 5) is 16.0. The summed E-state index contributed by atoms with van der Waals surface area (Å²) in [5.41, 5.74) is 1.85. The molecule has 1 aromatic heterocycles. The number of nitrogens with one attached hydrogen (secondary N) is 2. The number of rotatable bonds is 4. The van der Waals surface area contributed by atoms with Crippen LogP contribution in [0.4, 0.5) is 10.1 Å². The highest BCUT2D eigenvalue weighted by Gasteiger charge is 2.52. The zero-order chi connectivity index (χ0) is 16.7. The number of anilines is 1. The van der Waals surface area contributed by atoms with Gasteiger partial charge in [0.05, 0.1) is 12.5 Å². The van der Waals surface area contributed by atoms with Crippen LogP contribution in [0.15, 0.2) is 48.7 Å². The molecule has 1 saturated carbocycles. The molecule has 0 atom stereocenters. The number of hydrogen-bond acceptors (Lipinski definition) is 2. The van der Waals surface area contributed by atoms with E-state index >= 15 is 0 Å². The van der Waals surface area contributed by atoms with Gasteiger partial charge >= 0.3 is 0 Å². The summed E-state index contributed by atoms with van der Waals surface area (Å²) < 4.78 is 18.6. The minimum Gasteiger partial charge on any atom is -0.497 e. The molecular weight excluding hydrogens is 307 g/mol. The Morgan fingerprint density at radius 2 is 2.08 bits per heavy atom. The number of fused-ring (bicyclic) bond motifs is 1. The van der Waals surface area contributed by atoms with Crippen molar-refractivity contribution < 1.29 is 13.9 Å². The topological polar surface area (TPSA) is 54.1 Å². The molecule has 2 aromatic carbocycles. The summed E-state index contributed by atoms with van der Waals surface area (Å²) in [6.07, 6.45) is 3.44. The van der Waals surface area contributed by atoms with Crippen LogP contribution in [-0.4, -0.2) is 18.0 Å². The lowest BCUT2D eigenvalue weighted by atomic mass is 9.94. The molecule has 122 valence electrons. The summed E-state index contributed by atoms with van der Waals surface area (Å²) in [7, 11) is 1.62. The van der Waals surface area contributed by atoms with Gasteiger partial charge in [0.15, 0.2) is 0 Å². The molecule has 0 spiro atoms. The van der Waals surface area contributed by atoms with E-state index in [9.17, 15) is 9.18 Å². The Labute approximate surface area is 138 Å². The van der Waals surface area contributed by atoms with Crippen LogP contribution < -0.4 is 10.1 Å². The Morgan fingerprint density at radius 3 is 2.79 bits per heavy atom. The monoisotopic (exact) mass is 324 g/mol. The molecule has 5 heteroatoms. The average molecular weight is 324 g/mol. The first-order chi connectivity index (χ1) is 11.6. The van der Waals surface area contributed by atoms with Crippen molar-refractivity contribution >= 4 is 22.5 Å². The third-order valence-corrected chi connectivity index (χ3v) is 4.67. The van der Waals surface area contributed by atoms with Crippen LogP contribution in [0.1, 0.15) is 18.4 Å². The Hall–Kier alpha value is -2.82. The molecule has 1 fully saturated rings. The molecule has 3 aromatic rings. The standard InChI is InChI=1S/C19H17FN2O2/c1-24-14-5-6-17-15(10-14)16(11-21-17)19(7-8-19)18(23)22-13-4-2-3-12(20)9-13/h2-6,9-11,21H,7-8H2,1H3,(H,22,23). The third-order valence-electron chi connectivity index (χ3n) is 4.67. The second-order valence-electron chi connectivity index (χ2n) is 6.16. The fraction of sp³-hybridized carbons (Fsp3) is 0.211. The number of amides is 1. The first kappa shape index (κ1) is 14.8. The van der Waals surface area contributed by atoms with Gasteiger partial charge in [0.2, 0.25) is 5.91 Å². The van der Waals surface area contributed by atoms with Gasteiger partial charge in [0.1, 0.15) is 11.6 Å². The highest BCUT2D eigenvalue weighted by atomic mass is 19.1. The molecule has 0 aliphatic heterocycles. The molecule has 4 nitrogen and oxygen atoms in total. The predicted molar refractivity (Wildman–Crippen MR) is 90.8 cm³/mol. The largest absolute Gasteiger partial charge is 0.497 e. The van der Waals surface area contributed by atoms with E-state index in [2.05, 4.69) is 10.3 Å². The number of ether oxygens (including phenoxy) is 1. The maximum absolute atomic E-state index is 13.3. The zero-order valence-corrected chi connectivity index (χ0v) is 13.2. The third kappa shape index (κ3) is 2.33. The van der Waals surface area contributed by atoms with Gasteiger partial charge in [-0.3, -0.25) is 4.79 Å². The van der Waals surface area contributed by atoms with Crippen LogP contribution in [0, 0.1) is 5.82 Å². The molecule has 24 heavy (non-hydrogen) atoms. The molecule has 0 radical (unpaired) electrons. The van der Waals surface area contributed by atoms with Crippen molar-refractivity contribution in [3.05, 3.63) is 60.0 Å². The highest BCUT2D eigenvalue weighted by Crippen LogP contribution is 2.51. The van der Waals surface area contributed by atoms with Gasteiger partial charge in [0, 0.05) is 22.8 Å². The van der Waals surface area contributed by atoms with Crippen LogP contribution in [0.2, 0.25) is 0 Å². The van der Waals surface area contributed by atoms with Crippen molar-refractivity contribution in [2.24, 2.45) is 0 Å². The smallest absolute Gasteiger partial charge is 0.235 e. The van der Waals surface area contributed by atoms with Crippen LogP contribution in [0.25, 0.3) is 10.9 Å². The highest BCUT2D eigenvalue weighted by molar-refractivity contribution is 6.04. The second-order valence-corrected chi connectivity index (χ2v) is 6.16. The van der Waals surface area contributed by atoms with Gasteiger partial charge in [0.25, 0.3) is 0 Å². The molecule has 1 amide bonds. The first-order valence-corrected chi connectivity index (χ1v) is 7.85. The quantitative estimate of drug-likeness (QED) is 0.762. The van der Waals surface area contributed by atoms with Gasteiger partial charge in [-0.05, 0) is 54.8 Å². The van der Waals surface area contributed by atoms with Crippen molar-refractivity contribution in [3.63, 3.8) is 0 Å². The minimum atomic E-state index is -0.559. The van der Waals surface area contributed by atoms with E-state index in [0.717, 1.165) is 35.1 Å². The van der Waals surface area contributed by atoms with Gasteiger partial charge in [-0.25, -0.2) is 4.39 Å². The van der Waals surface area contributed by atoms with E-state index in [1.165, 1.54) is 12.1 Å². The molecule has 2 N–H and O–H groups in total. The van der Waals surface area contributed by atoms with E-state index < -0.39 is 5.41 Å². The number of H-pyrrole nitrogens is 1. The lowest BCUT2D eigenvalue weighted by Gasteiger charge is -2.15. The Balaban J connectivity index is 1.69. The molecule has 0 unspecified atom stereocenters. The van der Waals surface area contributed by atoms with Crippen LogP contribution in [-0.2, 0) is 10.2 Å². The average Bonchev–Trinajstić information content (AvgIpc) is 3.28. The Bertz CT molecular complexity index is 928. The molecule has 1 aliphatic rings. The molecular formula is C19H17FN2O2. The number of methoxy groups -OCH3 is 1. The summed E-state index contributed by atoms with van der Waals surface area (Å²) in [6.45, 7) is 0. The fourth-order valence-corrected chi connectivity index (χ4v) is 3.18. The van der Waals surface area contributed by atoms with Gasteiger partial charge in [-0.1, -0.05) is 6.07 Å². The van der Waals surface area contributed by atoms with Crippen molar-refractivity contribution in [1.29, 1.82) is 0 Å². The SMILES string of the molecule is COc1ccc2[nH]cc(C3(C(=O)Nc4cccc(F)c4)CC3)c2c1. The zero-order valence-electron chi connectivity index (χ0n) is 13.2. The summed E-state index contributed by atoms with van der Waals surface area (Å²) in [5.74, 6) is 0.288. The number of aromatic amines is 1. The van der Waals surface area contributed by atoms with E-state index in [1.54, 1.807) is 19.2 Å². The van der Waals surface area contributed by atoms with E-state index in [0.29, 0.717) is 5.69 Å². The number of benzene rings is 2. The predicted octanol–water partition coefficient (Wildman–Crippen LogP) is 3.99. The Kier molecular flexibility index (Phi) is 3.30. The maximum Gasteiger partial charge on any atom is 0.235 e. The maximum atomic E-state index is 13.3. The Morgan fingerprint density at radius 1 is 1.25 bits per heavy atom. The van der Waals surface area contributed by atoms with Crippen molar-refractivity contribution in [2.75, 3.05) is 12.4 Å². The fourth-order valence-electron chi connectivity index (χ4n) is 3.18. The van der Waals surface area contributed by atoms with Crippen molar-refractivity contribution in [1.82, 2.24) is 4.98 Å². The van der Waals surface area contributed by atoms with Gasteiger partial charge < -0.3 is 15.0 Å². The molecule has 1 aliphatic carbocycles. The molecule has 4 rings (SSSR count). The molecule has 0 bridgehead atoms. The summed E-state index contributed by atoms with van der Waals surface area (Å²) >= 11 is 0. The van der Waals surface area contributed by atoms with Crippen LogP contribution >= 0.6 is 0 Å². The molecule has 0 saturated heterocycles. The van der Waals surface area contributed by atoms with Crippen LogP contribution in [0.5, 0.6) is 5.75 Å². The number of hydrogen-bond donors (Lipinski definition) is 2. The normalized spacial score (nSPS) is 15.2. The van der Waals surface area contributed by atoms with E-state index in [1.807, 2.05) is 24.4 Å². The summed E-state index contributed by atoms with van der Waals surface area (Å²) in [6, 6.07) is 11.7. The number of halogens is 1. The van der Waals surface area contributed by atoms with Crippen molar-refractivity contribution in [2.45, 2.75) is 18.3 Å². The van der Waals surface area contributed by atoms with Crippen molar-refractivity contribution in [3.8, 4) is 5.75 Å². The number of carbonyl (C=O) groups is 1. The second kappa shape index (κ2) is 5.37. The van der Waals surface area contributed by atoms with E-state index in [-0.39, 0.29) is 11.7 Å². The first-order valence-electron chi connectivity index (χ1n) is 7.85. The van der Waals surface area contributed by atoms with Gasteiger partial charge in [-0.15, -0.1) is 0 Å². The lowest BCUT2D eigenvalue weighted by molar-refractivity contribution is -0.118. The number of carbonyl (C=O) groups excluding carboxylic acids is 1. The minimum absolute atomic E-state index is 0.100. The lowest BCUT2D eigenvalue weighted by Crippen LogP contribution is -2.27. The van der Waals surface area contributed by atoms with E-state index in [4.69, 9.17) is 4.74 Å². The number of aromatic nitrogens is 1.